The summed E-state index contributed by atoms with van der Waals surface area (Å²) in [7, 11) is 0. The Morgan fingerprint density at radius 3 is 2.63 bits per heavy atom. The zero-order chi connectivity index (χ0) is 14.0. The Labute approximate surface area is 113 Å². The van der Waals surface area contributed by atoms with Crippen molar-refractivity contribution in [1.29, 1.82) is 0 Å². The summed E-state index contributed by atoms with van der Waals surface area (Å²) in [6.45, 7) is 0. The molecule has 98 valence electrons. The molecule has 6 heteroatoms. The van der Waals surface area contributed by atoms with Crippen LogP contribution >= 0.6 is 11.6 Å². The predicted molar refractivity (Wildman–Crippen MR) is 70.9 cm³/mol. The van der Waals surface area contributed by atoms with Crippen LogP contribution in [0.1, 0.15) is 10.4 Å². The molecule has 19 heavy (non-hydrogen) atoms. The fourth-order valence-corrected chi connectivity index (χ4v) is 1.67. The number of carbonyl (C=O) groups is 1. The number of primary amides is 1. The maximum Gasteiger partial charge on any atom is 0.252 e. The van der Waals surface area contributed by atoms with E-state index in [0.29, 0.717) is 5.69 Å². The zero-order valence-corrected chi connectivity index (χ0v) is 10.4. The molecule has 2 aromatic rings. The maximum atomic E-state index is 13.7. The number of amides is 1. The van der Waals surface area contributed by atoms with Gasteiger partial charge in [-0.05, 0) is 24.3 Å². The Balaban J connectivity index is 2.45. The molecular formula is C13H10ClFN2O2. The van der Waals surface area contributed by atoms with Crippen molar-refractivity contribution in [2.75, 3.05) is 5.73 Å². The average Bonchev–Trinajstić information content (AvgIpc) is 2.35. The second-order valence-electron chi connectivity index (χ2n) is 3.77. The Morgan fingerprint density at radius 2 is 1.95 bits per heavy atom. The van der Waals surface area contributed by atoms with Crippen LogP contribution in [0.25, 0.3) is 0 Å². The van der Waals surface area contributed by atoms with Crippen LogP contribution in [-0.4, -0.2) is 5.91 Å². The van der Waals surface area contributed by atoms with Gasteiger partial charge in [0.2, 0.25) is 0 Å². The number of nitrogen functional groups attached to an aromatic ring is 1. The van der Waals surface area contributed by atoms with E-state index >= 15 is 0 Å². The lowest BCUT2D eigenvalue weighted by atomic mass is 10.1. The van der Waals surface area contributed by atoms with E-state index in [2.05, 4.69) is 0 Å². The van der Waals surface area contributed by atoms with E-state index in [1.54, 1.807) is 0 Å². The lowest BCUT2D eigenvalue weighted by molar-refractivity contribution is 0.0998. The van der Waals surface area contributed by atoms with Gasteiger partial charge in [0, 0.05) is 11.8 Å². The van der Waals surface area contributed by atoms with Crippen molar-refractivity contribution < 1.29 is 13.9 Å². The summed E-state index contributed by atoms with van der Waals surface area (Å²) in [5, 5.41) is -0.0815. The number of ether oxygens (including phenoxy) is 1. The molecule has 4 nitrogen and oxygen atoms in total. The molecule has 2 rings (SSSR count). The number of benzene rings is 2. The van der Waals surface area contributed by atoms with Gasteiger partial charge < -0.3 is 16.2 Å². The number of hydrogen-bond acceptors (Lipinski definition) is 3. The van der Waals surface area contributed by atoms with Gasteiger partial charge in [0.1, 0.15) is 5.75 Å². The topological polar surface area (TPSA) is 78.3 Å². The van der Waals surface area contributed by atoms with Gasteiger partial charge in [0.15, 0.2) is 11.6 Å². The molecule has 0 saturated carbocycles. The minimum Gasteiger partial charge on any atom is -0.453 e. The summed E-state index contributed by atoms with van der Waals surface area (Å²) in [6, 6.07) is 8.60. The highest BCUT2D eigenvalue weighted by atomic mass is 35.5. The van der Waals surface area contributed by atoms with Crippen molar-refractivity contribution in [1.82, 2.24) is 0 Å². The Hall–Kier alpha value is -2.27. The minimum absolute atomic E-state index is 0.0775. The largest absolute Gasteiger partial charge is 0.453 e. The van der Waals surface area contributed by atoms with Crippen LogP contribution in [0.2, 0.25) is 5.02 Å². The van der Waals surface area contributed by atoms with E-state index in [1.807, 2.05) is 0 Å². The highest BCUT2D eigenvalue weighted by Crippen LogP contribution is 2.31. The molecule has 0 aliphatic carbocycles. The molecule has 0 aliphatic rings. The van der Waals surface area contributed by atoms with Gasteiger partial charge in [0.25, 0.3) is 5.91 Å². The van der Waals surface area contributed by atoms with Crippen LogP contribution in [0.15, 0.2) is 36.4 Å². The Kier molecular flexibility index (Phi) is 3.57. The van der Waals surface area contributed by atoms with E-state index in [4.69, 9.17) is 27.8 Å². The van der Waals surface area contributed by atoms with Gasteiger partial charge in [-0.1, -0.05) is 17.7 Å². The number of anilines is 1. The summed E-state index contributed by atoms with van der Waals surface area (Å²) >= 11 is 5.64. The number of nitrogens with two attached hydrogens (primary N) is 2. The molecule has 0 radical (unpaired) electrons. The normalized spacial score (nSPS) is 10.2. The second kappa shape index (κ2) is 5.16. The van der Waals surface area contributed by atoms with Crippen LogP contribution in [-0.2, 0) is 0 Å². The number of carbonyl (C=O) groups excluding carboxylic acids is 1. The van der Waals surface area contributed by atoms with Crippen molar-refractivity contribution in [3.63, 3.8) is 0 Å². The molecule has 0 saturated heterocycles. The van der Waals surface area contributed by atoms with Crippen molar-refractivity contribution >= 4 is 23.2 Å². The third kappa shape index (κ3) is 2.77. The first-order chi connectivity index (χ1) is 8.99. The SMILES string of the molecule is NC(=O)c1ccc(N)cc1Oc1cccc(Cl)c1F. The third-order valence-corrected chi connectivity index (χ3v) is 2.70. The number of hydrogen-bond donors (Lipinski definition) is 2. The molecule has 1 amide bonds. The Morgan fingerprint density at radius 1 is 1.21 bits per heavy atom. The fraction of sp³-hybridized carbons (Fsp3) is 0. The molecule has 0 aromatic heterocycles. The average molecular weight is 281 g/mol. The summed E-state index contributed by atoms with van der Waals surface area (Å²) < 4.78 is 19.0. The van der Waals surface area contributed by atoms with Crippen molar-refractivity contribution in [2.24, 2.45) is 5.73 Å². The standard InChI is InChI=1S/C13H10ClFN2O2/c14-9-2-1-3-10(12(9)15)19-11-6-7(16)4-5-8(11)13(17)18/h1-6H,16H2,(H2,17,18). The van der Waals surface area contributed by atoms with Gasteiger partial charge in [-0.2, -0.15) is 0 Å². The summed E-state index contributed by atoms with van der Waals surface area (Å²) in [5.41, 5.74) is 11.3. The molecule has 0 fully saturated rings. The smallest absolute Gasteiger partial charge is 0.252 e. The summed E-state index contributed by atoms with van der Waals surface area (Å²) in [4.78, 5) is 11.3. The van der Waals surface area contributed by atoms with Gasteiger partial charge >= 0.3 is 0 Å². The second-order valence-corrected chi connectivity index (χ2v) is 4.18. The van der Waals surface area contributed by atoms with Gasteiger partial charge in [0.05, 0.1) is 10.6 Å². The monoisotopic (exact) mass is 280 g/mol. The quantitative estimate of drug-likeness (QED) is 0.849. The molecule has 0 spiro atoms. The fourth-order valence-electron chi connectivity index (χ4n) is 1.51. The van der Waals surface area contributed by atoms with Gasteiger partial charge in [-0.25, -0.2) is 4.39 Å². The molecule has 2 aromatic carbocycles. The molecule has 0 aliphatic heterocycles. The first-order valence-corrected chi connectivity index (χ1v) is 5.68. The van der Waals surface area contributed by atoms with Crippen molar-refractivity contribution in [3.05, 3.63) is 52.8 Å². The Bertz CT molecular complexity index is 647. The van der Waals surface area contributed by atoms with Crippen LogP contribution in [0, 0.1) is 5.82 Å². The molecule has 0 bridgehead atoms. The van der Waals surface area contributed by atoms with Gasteiger partial charge in [-0.15, -0.1) is 0 Å². The minimum atomic E-state index is -0.720. The van der Waals surface area contributed by atoms with Gasteiger partial charge in [-0.3, -0.25) is 4.79 Å². The zero-order valence-electron chi connectivity index (χ0n) is 9.69. The van der Waals surface area contributed by atoms with Crippen molar-refractivity contribution in [3.8, 4) is 11.5 Å². The molecule has 0 heterocycles. The van der Waals surface area contributed by atoms with Crippen molar-refractivity contribution in [2.45, 2.75) is 0 Å². The van der Waals surface area contributed by atoms with E-state index in [1.165, 1.54) is 36.4 Å². The predicted octanol–water partition coefficient (Wildman–Crippen LogP) is 2.95. The van der Waals surface area contributed by atoms with Crippen LogP contribution in [0.5, 0.6) is 11.5 Å². The maximum absolute atomic E-state index is 13.7. The van der Waals surface area contributed by atoms with Crippen LogP contribution < -0.4 is 16.2 Å². The lowest BCUT2D eigenvalue weighted by Crippen LogP contribution is -2.12. The summed E-state index contributed by atoms with van der Waals surface area (Å²) in [5.74, 6) is -1.45. The molecule has 0 unspecified atom stereocenters. The highest BCUT2D eigenvalue weighted by Gasteiger charge is 2.14. The van der Waals surface area contributed by atoms with E-state index in [0.717, 1.165) is 0 Å². The highest BCUT2D eigenvalue weighted by molar-refractivity contribution is 6.30. The van der Waals surface area contributed by atoms with Crippen LogP contribution in [0.3, 0.4) is 0 Å². The third-order valence-electron chi connectivity index (χ3n) is 2.41. The first-order valence-electron chi connectivity index (χ1n) is 5.30. The molecule has 0 atom stereocenters. The van der Waals surface area contributed by atoms with Crippen LogP contribution in [0.4, 0.5) is 10.1 Å². The molecule has 4 N–H and O–H groups in total. The lowest BCUT2D eigenvalue weighted by Gasteiger charge is -2.11. The summed E-state index contributed by atoms with van der Waals surface area (Å²) in [6.07, 6.45) is 0. The molecular weight excluding hydrogens is 271 g/mol. The van der Waals surface area contributed by atoms with E-state index < -0.39 is 11.7 Å². The first kappa shape index (κ1) is 13.2. The number of rotatable bonds is 3. The van der Waals surface area contributed by atoms with E-state index in [9.17, 15) is 9.18 Å². The number of halogens is 2. The van der Waals surface area contributed by atoms with E-state index in [-0.39, 0.29) is 22.1 Å².